The SMILES string of the molecule is CCOC(=O)C(C/C=C(\C)CC/C=C(\C)CC/C=C(\C)CCC=C(C)C)P(=O)(O)O. The van der Waals surface area contributed by atoms with Crippen LogP contribution in [-0.2, 0) is 14.1 Å². The Morgan fingerprint density at radius 3 is 1.67 bits per heavy atom. The van der Waals surface area contributed by atoms with Crippen molar-refractivity contribution in [3.63, 3.8) is 0 Å². The lowest BCUT2D eigenvalue weighted by molar-refractivity contribution is -0.142. The summed E-state index contributed by atoms with van der Waals surface area (Å²) in [7, 11) is -4.53. The maximum atomic E-state index is 11.8. The zero-order valence-electron chi connectivity index (χ0n) is 19.6. The number of carbonyl (C=O) groups excluding carboxylic acids is 1. The normalized spacial score (nSPS) is 14.5. The third kappa shape index (κ3) is 14.5. The monoisotopic (exact) mass is 440 g/mol. The highest BCUT2D eigenvalue weighted by Gasteiger charge is 2.35. The van der Waals surface area contributed by atoms with Gasteiger partial charge in [0.1, 0.15) is 0 Å². The zero-order chi connectivity index (χ0) is 23.2. The van der Waals surface area contributed by atoms with Gasteiger partial charge in [-0.15, -0.1) is 0 Å². The van der Waals surface area contributed by atoms with E-state index in [1.165, 1.54) is 16.7 Å². The van der Waals surface area contributed by atoms with Gasteiger partial charge in [-0.25, -0.2) is 0 Å². The summed E-state index contributed by atoms with van der Waals surface area (Å²) in [5.74, 6) is -0.838. The molecule has 172 valence electrons. The first kappa shape index (κ1) is 28.6. The van der Waals surface area contributed by atoms with E-state index in [4.69, 9.17) is 4.74 Å². The molecule has 0 heterocycles. The standard InChI is InChI=1S/C24H41O5P/c1-7-29-24(25)23(30(26,27)28)18-17-22(6)16-10-15-21(5)14-9-13-20(4)12-8-11-19(2)3/h11,13,15,17,23H,7-10,12,14,16,18H2,1-6H3,(H2,26,27,28)/b20-13+,21-15+,22-17+. The van der Waals surface area contributed by atoms with Crippen LogP contribution in [0.4, 0.5) is 0 Å². The molecule has 0 aromatic carbocycles. The van der Waals surface area contributed by atoms with Crippen LogP contribution < -0.4 is 0 Å². The number of carbonyl (C=O) groups is 1. The maximum Gasteiger partial charge on any atom is 0.340 e. The Labute approximate surface area is 183 Å². The molecule has 30 heavy (non-hydrogen) atoms. The van der Waals surface area contributed by atoms with Gasteiger partial charge >= 0.3 is 13.6 Å². The summed E-state index contributed by atoms with van der Waals surface area (Å²) in [4.78, 5) is 30.6. The van der Waals surface area contributed by atoms with E-state index in [1.54, 1.807) is 13.0 Å². The molecule has 0 aliphatic rings. The molecule has 5 nitrogen and oxygen atoms in total. The van der Waals surface area contributed by atoms with Gasteiger partial charge in [0.15, 0.2) is 5.66 Å². The largest absolute Gasteiger partial charge is 0.465 e. The van der Waals surface area contributed by atoms with Gasteiger partial charge in [-0.3, -0.25) is 9.36 Å². The number of hydrogen-bond acceptors (Lipinski definition) is 3. The summed E-state index contributed by atoms with van der Waals surface area (Å²) in [6.45, 7) is 12.2. The highest BCUT2D eigenvalue weighted by atomic mass is 31.2. The van der Waals surface area contributed by atoms with Crippen LogP contribution in [0.25, 0.3) is 0 Å². The average molecular weight is 441 g/mol. The molecule has 0 aromatic rings. The second-order valence-corrected chi connectivity index (χ2v) is 9.94. The molecule has 0 spiro atoms. The summed E-state index contributed by atoms with van der Waals surface area (Å²) in [6, 6.07) is 0. The van der Waals surface area contributed by atoms with E-state index in [0.717, 1.165) is 44.1 Å². The fourth-order valence-electron chi connectivity index (χ4n) is 2.91. The Kier molecular flexibility index (Phi) is 14.7. The van der Waals surface area contributed by atoms with Crippen LogP contribution in [0.3, 0.4) is 0 Å². The summed E-state index contributed by atoms with van der Waals surface area (Å²) in [6.07, 6.45) is 14.5. The van der Waals surface area contributed by atoms with Gasteiger partial charge in [0.25, 0.3) is 0 Å². The van der Waals surface area contributed by atoms with Crippen LogP contribution >= 0.6 is 7.60 Å². The van der Waals surface area contributed by atoms with Crippen molar-refractivity contribution in [1.82, 2.24) is 0 Å². The van der Waals surface area contributed by atoms with Gasteiger partial charge in [-0.1, -0.05) is 46.6 Å². The number of esters is 1. The van der Waals surface area contributed by atoms with E-state index in [2.05, 4.69) is 45.9 Å². The second kappa shape index (κ2) is 15.4. The van der Waals surface area contributed by atoms with E-state index in [-0.39, 0.29) is 13.0 Å². The molecule has 2 N–H and O–H groups in total. The van der Waals surface area contributed by atoms with Crippen LogP contribution in [-0.4, -0.2) is 28.0 Å². The van der Waals surface area contributed by atoms with Crippen LogP contribution in [0.15, 0.2) is 46.6 Å². The number of hydrogen-bond donors (Lipinski definition) is 2. The van der Waals surface area contributed by atoms with E-state index in [0.29, 0.717) is 0 Å². The summed E-state index contributed by atoms with van der Waals surface area (Å²) >= 11 is 0. The summed E-state index contributed by atoms with van der Waals surface area (Å²) < 4.78 is 16.3. The number of allylic oxidation sites excluding steroid dienone is 8. The molecule has 0 aliphatic heterocycles. The summed E-state index contributed by atoms with van der Waals surface area (Å²) in [5.41, 5.74) is 3.73. The van der Waals surface area contributed by atoms with Crippen molar-refractivity contribution < 1.29 is 23.9 Å². The van der Waals surface area contributed by atoms with E-state index in [1.807, 2.05) is 6.92 Å². The summed E-state index contributed by atoms with van der Waals surface area (Å²) in [5, 5.41) is 0. The Hall–Kier alpha value is -1.42. The van der Waals surface area contributed by atoms with Crippen molar-refractivity contribution in [3.05, 3.63) is 46.6 Å². The highest BCUT2D eigenvalue weighted by Crippen LogP contribution is 2.44. The highest BCUT2D eigenvalue weighted by molar-refractivity contribution is 7.53. The third-order valence-corrected chi connectivity index (χ3v) is 6.04. The Morgan fingerprint density at radius 1 is 0.833 bits per heavy atom. The van der Waals surface area contributed by atoms with E-state index < -0.39 is 19.2 Å². The van der Waals surface area contributed by atoms with Crippen LogP contribution in [0, 0.1) is 0 Å². The van der Waals surface area contributed by atoms with E-state index in [9.17, 15) is 19.1 Å². The first-order valence-corrected chi connectivity index (χ1v) is 12.5. The molecule has 1 unspecified atom stereocenters. The van der Waals surface area contributed by atoms with Gasteiger partial charge in [-0.2, -0.15) is 0 Å². The van der Waals surface area contributed by atoms with Gasteiger partial charge in [0.2, 0.25) is 0 Å². The lowest BCUT2D eigenvalue weighted by atomic mass is 10.0. The molecule has 0 rings (SSSR count). The van der Waals surface area contributed by atoms with Crippen molar-refractivity contribution in [2.45, 2.75) is 92.1 Å². The van der Waals surface area contributed by atoms with Crippen LogP contribution in [0.1, 0.15) is 86.5 Å². The predicted octanol–water partition coefficient (Wildman–Crippen LogP) is 6.63. The lowest BCUT2D eigenvalue weighted by Gasteiger charge is -2.15. The minimum Gasteiger partial charge on any atom is -0.465 e. The molecule has 0 fully saturated rings. The fourth-order valence-corrected chi connectivity index (χ4v) is 3.64. The maximum absolute atomic E-state index is 11.8. The zero-order valence-corrected chi connectivity index (χ0v) is 20.5. The molecule has 0 saturated heterocycles. The first-order chi connectivity index (χ1) is 14.0. The van der Waals surface area contributed by atoms with Gasteiger partial charge in [-0.05, 0) is 86.5 Å². The third-order valence-electron chi connectivity index (χ3n) is 4.81. The number of rotatable bonds is 14. The lowest BCUT2D eigenvalue weighted by Crippen LogP contribution is -2.23. The van der Waals surface area contributed by atoms with Crippen molar-refractivity contribution in [1.29, 1.82) is 0 Å². The fraction of sp³-hybridized carbons (Fsp3) is 0.625. The first-order valence-electron chi connectivity index (χ1n) is 10.8. The molecule has 0 saturated carbocycles. The Morgan fingerprint density at radius 2 is 1.27 bits per heavy atom. The topological polar surface area (TPSA) is 83.8 Å². The van der Waals surface area contributed by atoms with Crippen molar-refractivity contribution in [3.8, 4) is 0 Å². The molecule has 6 heteroatoms. The number of ether oxygens (including phenoxy) is 1. The average Bonchev–Trinajstić information content (AvgIpc) is 2.60. The van der Waals surface area contributed by atoms with Crippen molar-refractivity contribution in [2.24, 2.45) is 0 Å². The van der Waals surface area contributed by atoms with Gasteiger partial charge in [0.05, 0.1) is 6.61 Å². The van der Waals surface area contributed by atoms with E-state index >= 15 is 0 Å². The molecule has 0 aromatic heterocycles. The van der Waals surface area contributed by atoms with Crippen LogP contribution in [0.5, 0.6) is 0 Å². The molecule has 0 radical (unpaired) electrons. The second-order valence-electron chi connectivity index (χ2n) is 8.14. The molecule has 0 bridgehead atoms. The quantitative estimate of drug-likeness (QED) is 0.180. The molecular weight excluding hydrogens is 399 g/mol. The molecular formula is C24H41O5P. The molecule has 0 amide bonds. The minimum atomic E-state index is -4.53. The Balaban J connectivity index is 4.46. The minimum absolute atomic E-state index is 0.00550. The molecule has 1 atom stereocenters. The molecule has 0 aliphatic carbocycles. The van der Waals surface area contributed by atoms with Gasteiger partial charge < -0.3 is 14.5 Å². The smallest absolute Gasteiger partial charge is 0.340 e. The van der Waals surface area contributed by atoms with Crippen molar-refractivity contribution >= 4 is 13.6 Å². The van der Waals surface area contributed by atoms with Gasteiger partial charge in [0, 0.05) is 0 Å². The predicted molar refractivity (Wildman–Crippen MR) is 125 cm³/mol. The Bertz CT molecular complexity index is 690. The van der Waals surface area contributed by atoms with Crippen molar-refractivity contribution in [2.75, 3.05) is 6.61 Å². The van der Waals surface area contributed by atoms with Crippen LogP contribution in [0.2, 0.25) is 0 Å².